The van der Waals surface area contributed by atoms with E-state index < -0.39 is 30.1 Å². The van der Waals surface area contributed by atoms with Gasteiger partial charge in [-0.2, -0.15) is 0 Å². The first kappa shape index (κ1) is 15.6. The summed E-state index contributed by atoms with van der Waals surface area (Å²) in [4.78, 5) is 23.3. The fraction of sp³-hybridized carbons (Fsp3) is 0.125. The summed E-state index contributed by atoms with van der Waals surface area (Å²) in [5, 5.41) is 2.38. The van der Waals surface area contributed by atoms with Crippen LogP contribution in [0.4, 0.5) is 14.5 Å². The average Bonchev–Trinajstić information content (AvgIpc) is 2.47. The number of nitrogens with one attached hydrogen (secondary N) is 1. The Balaban J connectivity index is 1.90. The van der Waals surface area contributed by atoms with Gasteiger partial charge in [0.15, 0.2) is 6.61 Å². The lowest BCUT2D eigenvalue weighted by molar-refractivity contribution is -0.119. The zero-order valence-corrected chi connectivity index (χ0v) is 11.7. The van der Waals surface area contributed by atoms with Gasteiger partial charge in [-0.25, -0.2) is 13.6 Å². The van der Waals surface area contributed by atoms with E-state index in [0.717, 1.165) is 12.1 Å². The van der Waals surface area contributed by atoms with Gasteiger partial charge in [-0.05, 0) is 42.8 Å². The number of hydrogen-bond donors (Lipinski definition) is 1. The lowest BCUT2D eigenvalue weighted by atomic mass is 10.1. The SMILES string of the molecule is Cc1ccc(C(=O)OCC(=O)Nc2cccc(F)c2)cc1F. The lowest BCUT2D eigenvalue weighted by Gasteiger charge is -2.07. The van der Waals surface area contributed by atoms with Crippen LogP contribution < -0.4 is 5.32 Å². The first-order valence-corrected chi connectivity index (χ1v) is 6.44. The Morgan fingerprint density at radius 3 is 2.59 bits per heavy atom. The first-order valence-electron chi connectivity index (χ1n) is 6.44. The molecular weight excluding hydrogens is 292 g/mol. The molecule has 1 amide bonds. The summed E-state index contributed by atoms with van der Waals surface area (Å²) >= 11 is 0. The zero-order valence-electron chi connectivity index (χ0n) is 11.7. The topological polar surface area (TPSA) is 55.4 Å². The first-order chi connectivity index (χ1) is 10.5. The molecule has 0 unspecified atom stereocenters. The molecule has 6 heteroatoms. The highest BCUT2D eigenvalue weighted by molar-refractivity contribution is 5.95. The van der Waals surface area contributed by atoms with Gasteiger partial charge in [0, 0.05) is 5.69 Å². The molecule has 0 bridgehead atoms. The molecule has 0 aliphatic heterocycles. The number of rotatable bonds is 4. The van der Waals surface area contributed by atoms with Crippen LogP contribution in [0.5, 0.6) is 0 Å². The molecule has 0 aromatic heterocycles. The molecule has 0 heterocycles. The molecule has 0 radical (unpaired) electrons. The van der Waals surface area contributed by atoms with Crippen LogP contribution in [0.1, 0.15) is 15.9 Å². The smallest absolute Gasteiger partial charge is 0.338 e. The maximum atomic E-state index is 13.3. The van der Waals surface area contributed by atoms with E-state index in [-0.39, 0.29) is 11.3 Å². The Morgan fingerprint density at radius 1 is 1.14 bits per heavy atom. The van der Waals surface area contributed by atoms with Crippen LogP contribution in [-0.4, -0.2) is 18.5 Å². The van der Waals surface area contributed by atoms with Crippen molar-refractivity contribution in [1.82, 2.24) is 0 Å². The summed E-state index contributed by atoms with van der Waals surface area (Å²) in [5.41, 5.74) is 0.671. The van der Waals surface area contributed by atoms with Crippen LogP contribution in [-0.2, 0) is 9.53 Å². The fourth-order valence-electron chi connectivity index (χ4n) is 1.70. The van der Waals surface area contributed by atoms with Crippen LogP contribution >= 0.6 is 0 Å². The number of amides is 1. The number of carbonyl (C=O) groups excluding carboxylic acids is 2. The highest BCUT2D eigenvalue weighted by Gasteiger charge is 2.12. The zero-order chi connectivity index (χ0) is 16.1. The molecule has 0 spiro atoms. The minimum Gasteiger partial charge on any atom is -0.452 e. The molecule has 2 rings (SSSR count). The van der Waals surface area contributed by atoms with Gasteiger partial charge in [0.05, 0.1) is 5.56 Å². The van der Waals surface area contributed by atoms with Gasteiger partial charge in [-0.3, -0.25) is 4.79 Å². The van der Waals surface area contributed by atoms with Crippen molar-refractivity contribution < 1.29 is 23.1 Å². The molecule has 2 aromatic rings. The second-order valence-corrected chi connectivity index (χ2v) is 4.60. The maximum absolute atomic E-state index is 13.3. The molecule has 22 heavy (non-hydrogen) atoms. The summed E-state index contributed by atoms with van der Waals surface area (Å²) in [6, 6.07) is 9.20. The summed E-state index contributed by atoms with van der Waals surface area (Å²) < 4.78 is 31.1. The monoisotopic (exact) mass is 305 g/mol. The largest absolute Gasteiger partial charge is 0.452 e. The van der Waals surface area contributed by atoms with Gasteiger partial charge in [0.25, 0.3) is 5.91 Å². The third kappa shape index (κ3) is 4.12. The van der Waals surface area contributed by atoms with Crippen molar-refractivity contribution in [2.24, 2.45) is 0 Å². The van der Waals surface area contributed by atoms with Gasteiger partial charge in [0.1, 0.15) is 11.6 Å². The van der Waals surface area contributed by atoms with Crippen LogP contribution in [0, 0.1) is 18.6 Å². The minimum atomic E-state index is -0.812. The summed E-state index contributed by atoms with van der Waals surface area (Å²) in [7, 11) is 0. The highest BCUT2D eigenvalue weighted by Crippen LogP contribution is 2.11. The molecule has 114 valence electrons. The Hall–Kier alpha value is -2.76. The van der Waals surface area contributed by atoms with E-state index in [1.165, 1.54) is 30.3 Å². The molecule has 0 fully saturated rings. The van der Waals surface area contributed by atoms with Crippen molar-refractivity contribution in [2.75, 3.05) is 11.9 Å². The molecule has 0 saturated carbocycles. The lowest BCUT2D eigenvalue weighted by Crippen LogP contribution is -2.21. The number of halogens is 2. The van der Waals surface area contributed by atoms with Crippen LogP contribution in [0.3, 0.4) is 0 Å². The summed E-state index contributed by atoms with van der Waals surface area (Å²) in [6.07, 6.45) is 0. The third-order valence-corrected chi connectivity index (χ3v) is 2.85. The maximum Gasteiger partial charge on any atom is 0.338 e. The van der Waals surface area contributed by atoms with E-state index in [9.17, 15) is 18.4 Å². The summed E-state index contributed by atoms with van der Waals surface area (Å²) in [6.45, 7) is 1.02. The normalized spacial score (nSPS) is 10.1. The van der Waals surface area contributed by atoms with Crippen LogP contribution in [0.2, 0.25) is 0 Å². The quantitative estimate of drug-likeness (QED) is 0.883. The third-order valence-electron chi connectivity index (χ3n) is 2.85. The van der Waals surface area contributed by atoms with E-state index in [1.54, 1.807) is 6.92 Å². The second kappa shape index (κ2) is 6.80. The van der Waals surface area contributed by atoms with E-state index in [0.29, 0.717) is 5.56 Å². The minimum absolute atomic E-state index is 0.0154. The van der Waals surface area contributed by atoms with Crippen molar-refractivity contribution in [3.8, 4) is 0 Å². The van der Waals surface area contributed by atoms with E-state index >= 15 is 0 Å². The molecule has 0 atom stereocenters. The van der Waals surface area contributed by atoms with Crippen molar-refractivity contribution in [1.29, 1.82) is 0 Å². The molecule has 2 aromatic carbocycles. The Morgan fingerprint density at radius 2 is 1.91 bits per heavy atom. The van der Waals surface area contributed by atoms with Gasteiger partial charge in [-0.15, -0.1) is 0 Å². The van der Waals surface area contributed by atoms with Gasteiger partial charge in [0.2, 0.25) is 0 Å². The van der Waals surface area contributed by atoms with Gasteiger partial charge in [-0.1, -0.05) is 12.1 Å². The fourth-order valence-corrected chi connectivity index (χ4v) is 1.70. The number of aryl methyl sites for hydroxylation is 1. The van der Waals surface area contributed by atoms with Crippen molar-refractivity contribution in [2.45, 2.75) is 6.92 Å². The number of carbonyl (C=O) groups is 2. The number of esters is 1. The highest BCUT2D eigenvalue weighted by atomic mass is 19.1. The van der Waals surface area contributed by atoms with Gasteiger partial charge >= 0.3 is 5.97 Å². The molecule has 4 nitrogen and oxygen atoms in total. The Bertz CT molecular complexity index is 716. The van der Waals surface area contributed by atoms with Crippen molar-refractivity contribution in [3.05, 3.63) is 65.2 Å². The van der Waals surface area contributed by atoms with Gasteiger partial charge < -0.3 is 10.1 Å². The molecular formula is C16H13F2NO3. The van der Waals surface area contributed by atoms with E-state index in [1.807, 2.05) is 0 Å². The second-order valence-electron chi connectivity index (χ2n) is 4.60. The van der Waals surface area contributed by atoms with Crippen molar-refractivity contribution in [3.63, 3.8) is 0 Å². The van der Waals surface area contributed by atoms with Crippen LogP contribution in [0.25, 0.3) is 0 Å². The molecule has 0 aliphatic rings. The number of anilines is 1. The van der Waals surface area contributed by atoms with Crippen LogP contribution in [0.15, 0.2) is 42.5 Å². The summed E-state index contributed by atoms with van der Waals surface area (Å²) in [5.74, 6) is -2.46. The average molecular weight is 305 g/mol. The number of benzene rings is 2. The number of ether oxygens (including phenoxy) is 1. The number of hydrogen-bond acceptors (Lipinski definition) is 3. The molecule has 0 saturated heterocycles. The molecule has 0 aliphatic carbocycles. The molecule has 1 N–H and O–H groups in total. The Labute approximate surface area is 125 Å². The predicted molar refractivity (Wildman–Crippen MR) is 76.4 cm³/mol. The van der Waals surface area contributed by atoms with E-state index in [4.69, 9.17) is 4.74 Å². The Kier molecular flexibility index (Phi) is 4.83. The van der Waals surface area contributed by atoms with E-state index in [2.05, 4.69) is 5.32 Å². The van der Waals surface area contributed by atoms with Crippen molar-refractivity contribution >= 4 is 17.6 Å². The predicted octanol–water partition coefficient (Wildman–Crippen LogP) is 3.07. The standard InChI is InChI=1S/C16H13F2NO3/c1-10-5-6-11(7-14(10)18)16(21)22-9-15(20)19-13-4-2-3-12(17)8-13/h2-8H,9H2,1H3,(H,19,20).